The summed E-state index contributed by atoms with van der Waals surface area (Å²) >= 11 is 20.0. The smallest absolute Gasteiger partial charge is 0.251 e. The molecule has 3 rings (SSSR count). The van der Waals surface area contributed by atoms with Crippen LogP contribution in [0.1, 0.15) is 48.2 Å². The number of carbonyl (C=O) groups is 1. The summed E-state index contributed by atoms with van der Waals surface area (Å²) in [7, 11) is 0. The standard InChI is InChI=1S/C26H29Cl3N4OS/c1-3-12-33(13-4-2)24-16-23(29)31-26(32-24)35-17-18-6-5-7-20(14-18)25(34)30-11-10-19-8-9-21(27)15-22(19)28/h5-9,14-16H,3-4,10-13,17H2,1-2H3,(H,30,34). The van der Waals surface area contributed by atoms with Crippen molar-refractivity contribution in [3.05, 3.63) is 80.4 Å². The minimum atomic E-state index is -0.127. The summed E-state index contributed by atoms with van der Waals surface area (Å²) in [5.74, 6) is 1.35. The lowest BCUT2D eigenvalue weighted by molar-refractivity contribution is 0.0954. The van der Waals surface area contributed by atoms with Crippen LogP contribution in [0.2, 0.25) is 15.2 Å². The highest BCUT2D eigenvalue weighted by atomic mass is 35.5. The van der Waals surface area contributed by atoms with Gasteiger partial charge >= 0.3 is 0 Å². The topological polar surface area (TPSA) is 58.1 Å². The Labute approximate surface area is 226 Å². The Hall–Kier alpha value is -1.99. The van der Waals surface area contributed by atoms with Crippen LogP contribution in [0.3, 0.4) is 0 Å². The van der Waals surface area contributed by atoms with Gasteiger partial charge in [-0.2, -0.15) is 0 Å². The maximum Gasteiger partial charge on any atom is 0.251 e. The van der Waals surface area contributed by atoms with E-state index in [0.29, 0.717) is 44.6 Å². The first-order valence-electron chi connectivity index (χ1n) is 11.6. The molecule has 0 fully saturated rings. The largest absolute Gasteiger partial charge is 0.356 e. The number of rotatable bonds is 12. The van der Waals surface area contributed by atoms with Gasteiger partial charge in [-0.1, -0.05) is 78.6 Å². The number of halogens is 3. The lowest BCUT2D eigenvalue weighted by atomic mass is 10.1. The van der Waals surface area contributed by atoms with Gasteiger partial charge in [0.1, 0.15) is 11.0 Å². The zero-order valence-corrected chi connectivity index (χ0v) is 22.9. The molecule has 0 aliphatic carbocycles. The minimum Gasteiger partial charge on any atom is -0.356 e. The van der Waals surface area contributed by atoms with E-state index in [1.807, 2.05) is 30.3 Å². The van der Waals surface area contributed by atoms with E-state index in [0.717, 1.165) is 42.9 Å². The molecule has 3 aromatic rings. The molecule has 0 aliphatic rings. The van der Waals surface area contributed by atoms with Gasteiger partial charge in [0.25, 0.3) is 5.91 Å². The van der Waals surface area contributed by atoms with Crippen LogP contribution in [-0.4, -0.2) is 35.5 Å². The molecule has 9 heteroatoms. The summed E-state index contributed by atoms with van der Waals surface area (Å²) in [6, 6.07) is 14.8. The zero-order valence-electron chi connectivity index (χ0n) is 19.9. The van der Waals surface area contributed by atoms with Crippen LogP contribution in [-0.2, 0) is 12.2 Å². The second kappa shape index (κ2) is 13.9. The van der Waals surface area contributed by atoms with E-state index in [-0.39, 0.29) is 5.91 Å². The highest BCUT2D eigenvalue weighted by molar-refractivity contribution is 7.98. The van der Waals surface area contributed by atoms with Gasteiger partial charge in [-0.15, -0.1) is 0 Å². The molecule has 1 N–H and O–H groups in total. The number of thioether (sulfide) groups is 1. The molecule has 35 heavy (non-hydrogen) atoms. The predicted octanol–water partition coefficient (Wildman–Crippen LogP) is 7.33. The number of anilines is 1. The summed E-state index contributed by atoms with van der Waals surface area (Å²) in [4.78, 5) is 24.0. The number of hydrogen-bond acceptors (Lipinski definition) is 5. The molecule has 1 aromatic heterocycles. The van der Waals surface area contributed by atoms with Crippen LogP contribution >= 0.6 is 46.6 Å². The molecule has 2 aromatic carbocycles. The van der Waals surface area contributed by atoms with Crippen molar-refractivity contribution in [2.24, 2.45) is 0 Å². The summed E-state index contributed by atoms with van der Waals surface area (Å²) in [5.41, 5.74) is 2.56. The van der Waals surface area contributed by atoms with E-state index in [1.54, 1.807) is 18.2 Å². The molecule has 0 unspecified atom stereocenters. The molecule has 0 spiro atoms. The Morgan fingerprint density at radius 2 is 1.77 bits per heavy atom. The molecule has 1 amide bonds. The highest BCUT2D eigenvalue weighted by Gasteiger charge is 2.12. The van der Waals surface area contributed by atoms with E-state index in [9.17, 15) is 4.79 Å². The SMILES string of the molecule is CCCN(CCC)c1cc(Cl)nc(SCc2cccc(C(=O)NCCc3ccc(Cl)cc3Cl)c2)n1. The van der Waals surface area contributed by atoms with Gasteiger partial charge in [-0.05, 0) is 54.7 Å². The molecule has 1 heterocycles. The monoisotopic (exact) mass is 550 g/mol. The third-order valence-electron chi connectivity index (χ3n) is 5.22. The Bertz CT molecular complexity index is 1140. The number of carbonyl (C=O) groups excluding carboxylic acids is 1. The number of nitrogens with zero attached hydrogens (tertiary/aromatic N) is 3. The third kappa shape index (κ3) is 8.57. The maximum atomic E-state index is 12.7. The van der Waals surface area contributed by atoms with Crippen LogP contribution in [0.5, 0.6) is 0 Å². The van der Waals surface area contributed by atoms with Crippen molar-refractivity contribution in [2.75, 3.05) is 24.5 Å². The number of nitrogens with one attached hydrogen (secondary N) is 1. The van der Waals surface area contributed by atoms with Crippen molar-refractivity contribution in [3.63, 3.8) is 0 Å². The van der Waals surface area contributed by atoms with Crippen molar-refractivity contribution in [1.29, 1.82) is 0 Å². The Morgan fingerprint density at radius 1 is 1.00 bits per heavy atom. The van der Waals surface area contributed by atoms with Crippen LogP contribution < -0.4 is 10.2 Å². The van der Waals surface area contributed by atoms with Crippen molar-refractivity contribution in [1.82, 2.24) is 15.3 Å². The van der Waals surface area contributed by atoms with Gasteiger partial charge in [0, 0.05) is 47.1 Å². The first-order chi connectivity index (χ1) is 16.9. The van der Waals surface area contributed by atoms with E-state index in [4.69, 9.17) is 39.8 Å². The van der Waals surface area contributed by atoms with Crippen LogP contribution in [0.15, 0.2) is 53.7 Å². The van der Waals surface area contributed by atoms with Gasteiger partial charge in [-0.3, -0.25) is 4.79 Å². The van der Waals surface area contributed by atoms with E-state index in [2.05, 4.69) is 29.0 Å². The van der Waals surface area contributed by atoms with Crippen molar-refractivity contribution < 1.29 is 4.79 Å². The Kier molecular flexibility index (Phi) is 11.0. The summed E-state index contributed by atoms with van der Waals surface area (Å²) in [5, 5.41) is 5.21. The quantitative estimate of drug-likeness (QED) is 0.145. The fourth-order valence-electron chi connectivity index (χ4n) is 3.58. The molecule has 5 nitrogen and oxygen atoms in total. The fourth-order valence-corrected chi connectivity index (χ4v) is 5.11. The molecular formula is C26H29Cl3N4OS. The first-order valence-corrected chi connectivity index (χ1v) is 13.7. The number of hydrogen-bond donors (Lipinski definition) is 1. The number of aromatic nitrogens is 2. The minimum absolute atomic E-state index is 0.127. The average molecular weight is 552 g/mol. The molecule has 0 aliphatic heterocycles. The second-order valence-electron chi connectivity index (χ2n) is 8.05. The Morgan fingerprint density at radius 3 is 2.49 bits per heavy atom. The van der Waals surface area contributed by atoms with Gasteiger partial charge < -0.3 is 10.2 Å². The first kappa shape index (κ1) is 27.6. The molecule has 0 radical (unpaired) electrons. The Balaban J connectivity index is 1.59. The molecule has 186 valence electrons. The zero-order chi connectivity index (χ0) is 25.2. The average Bonchev–Trinajstić information content (AvgIpc) is 2.84. The van der Waals surface area contributed by atoms with E-state index >= 15 is 0 Å². The third-order valence-corrected chi connectivity index (χ3v) is 6.92. The van der Waals surface area contributed by atoms with E-state index < -0.39 is 0 Å². The molecule has 0 saturated carbocycles. The van der Waals surface area contributed by atoms with Crippen LogP contribution in [0, 0.1) is 0 Å². The fraction of sp³-hybridized carbons (Fsp3) is 0.346. The van der Waals surface area contributed by atoms with E-state index in [1.165, 1.54) is 11.8 Å². The van der Waals surface area contributed by atoms with Gasteiger partial charge in [0.05, 0.1) is 0 Å². The van der Waals surface area contributed by atoms with Crippen LogP contribution in [0.4, 0.5) is 5.82 Å². The molecule has 0 bridgehead atoms. The second-order valence-corrected chi connectivity index (χ2v) is 10.2. The number of benzene rings is 2. The predicted molar refractivity (Wildman–Crippen MR) is 148 cm³/mol. The lowest BCUT2D eigenvalue weighted by Gasteiger charge is -2.22. The summed E-state index contributed by atoms with van der Waals surface area (Å²) in [6.07, 6.45) is 2.69. The molecule has 0 saturated heterocycles. The van der Waals surface area contributed by atoms with Crippen molar-refractivity contribution >= 4 is 58.3 Å². The normalized spacial score (nSPS) is 10.9. The lowest BCUT2D eigenvalue weighted by Crippen LogP contribution is -2.26. The van der Waals surface area contributed by atoms with Gasteiger partial charge in [0.15, 0.2) is 5.16 Å². The highest BCUT2D eigenvalue weighted by Crippen LogP contribution is 2.25. The molecule has 0 atom stereocenters. The summed E-state index contributed by atoms with van der Waals surface area (Å²) < 4.78 is 0. The summed E-state index contributed by atoms with van der Waals surface area (Å²) in [6.45, 7) is 6.62. The van der Waals surface area contributed by atoms with Crippen molar-refractivity contribution in [3.8, 4) is 0 Å². The maximum absolute atomic E-state index is 12.7. The van der Waals surface area contributed by atoms with Crippen LogP contribution in [0.25, 0.3) is 0 Å². The number of amides is 1. The van der Waals surface area contributed by atoms with Gasteiger partial charge in [-0.25, -0.2) is 9.97 Å². The molecular weight excluding hydrogens is 523 g/mol. The van der Waals surface area contributed by atoms with Crippen molar-refractivity contribution in [2.45, 2.75) is 44.0 Å². The van der Waals surface area contributed by atoms with Gasteiger partial charge in [0.2, 0.25) is 0 Å².